The molecule has 1 aliphatic rings. The molecule has 17 heavy (non-hydrogen) atoms. The minimum atomic E-state index is 0.855. The van der Waals surface area contributed by atoms with Gasteiger partial charge in [0, 0.05) is 32.9 Å². The zero-order chi connectivity index (χ0) is 12.4. The molecule has 0 radical (unpaired) electrons. The number of rotatable bonds is 2. The Kier molecular flexibility index (Phi) is 3.46. The molecule has 1 saturated heterocycles. The zero-order valence-electron chi connectivity index (χ0n) is 11.1. The van der Waals surface area contributed by atoms with Gasteiger partial charge in [0.05, 0.1) is 11.4 Å². The summed E-state index contributed by atoms with van der Waals surface area (Å²) in [6, 6.07) is 6.36. The average molecular weight is 233 g/mol. The van der Waals surface area contributed by atoms with Crippen LogP contribution in [0.4, 0.5) is 17.1 Å². The molecule has 0 atom stereocenters. The molecule has 0 unspecified atom stereocenters. The summed E-state index contributed by atoms with van der Waals surface area (Å²) in [5, 5.41) is 0. The Hall–Kier alpha value is -1.38. The van der Waals surface area contributed by atoms with Gasteiger partial charge >= 0.3 is 0 Å². The second-order valence-electron chi connectivity index (χ2n) is 5.31. The topological polar surface area (TPSA) is 32.5 Å². The Bertz CT molecular complexity index is 379. The lowest BCUT2D eigenvalue weighted by atomic mass is 9.98. The van der Waals surface area contributed by atoms with Crippen LogP contribution >= 0.6 is 0 Å². The highest BCUT2D eigenvalue weighted by Crippen LogP contribution is 2.30. The summed E-state index contributed by atoms with van der Waals surface area (Å²) in [7, 11) is 4.08. The SMILES string of the molecule is CC1CCN(c2ccc(N(C)C)cc2N)CC1. The van der Waals surface area contributed by atoms with Crippen LogP contribution in [0.3, 0.4) is 0 Å². The Morgan fingerprint density at radius 3 is 2.41 bits per heavy atom. The number of nitrogens with two attached hydrogens (primary N) is 1. The largest absolute Gasteiger partial charge is 0.397 e. The minimum Gasteiger partial charge on any atom is -0.397 e. The van der Waals surface area contributed by atoms with Crippen LogP contribution in [0.15, 0.2) is 18.2 Å². The molecular formula is C14H23N3. The van der Waals surface area contributed by atoms with E-state index < -0.39 is 0 Å². The van der Waals surface area contributed by atoms with Crippen LogP contribution in [0.5, 0.6) is 0 Å². The van der Waals surface area contributed by atoms with Gasteiger partial charge in [0.25, 0.3) is 0 Å². The summed E-state index contributed by atoms with van der Waals surface area (Å²) in [6.45, 7) is 4.59. The van der Waals surface area contributed by atoms with Gasteiger partial charge in [-0.2, -0.15) is 0 Å². The molecule has 3 nitrogen and oxygen atoms in total. The second-order valence-corrected chi connectivity index (χ2v) is 5.31. The van der Waals surface area contributed by atoms with Gasteiger partial charge in [0.2, 0.25) is 0 Å². The molecule has 1 aromatic carbocycles. The van der Waals surface area contributed by atoms with Crippen molar-refractivity contribution in [2.45, 2.75) is 19.8 Å². The quantitative estimate of drug-likeness (QED) is 0.797. The zero-order valence-corrected chi connectivity index (χ0v) is 11.1. The standard InChI is InChI=1S/C14H23N3/c1-11-6-8-17(9-7-11)14-5-4-12(16(2)3)10-13(14)15/h4-5,10-11H,6-9,15H2,1-3H3. The molecular weight excluding hydrogens is 210 g/mol. The van der Waals surface area contributed by atoms with E-state index in [4.69, 9.17) is 5.73 Å². The maximum Gasteiger partial charge on any atom is 0.0601 e. The van der Waals surface area contributed by atoms with Crippen molar-refractivity contribution in [1.29, 1.82) is 0 Å². The fourth-order valence-corrected chi connectivity index (χ4v) is 2.36. The van der Waals surface area contributed by atoms with Crippen molar-refractivity contribution in [2.75, 3.05) is 42.7 Å². The first-order valence-electron chi connectivity index (χ1n) is 6.39. The molecule has 0 aromatic heterocycles. The van der Waals surface area contributed by atoms with E-state index in [-0.39, 0.29) is 0 Å². The van der Waals surface area contributed by atoms with Crippen molar-refractivity contribution in [3.63, 3.8) is 0 Å². The Labute approximate surface area is 104 Å². The van der Waals surface area contributed by atoms with Gasteiger partial charge < -0.3 is 15.5 Å². The van der Waals surface area contributed by atoms with Gasteiger partial charge in [-0.25, -0.2) is 0 Å². The smallest absolute Gasteiger partial charge is 0.0601 e. The van der Waals surface area contributed by atoms with Crippen LogP contribution in [-0.4, -0.2) is 27.2 Å². The van der Waals surface area contributed by atoms with Crippen LogP contribution < -0.4 is 15.5 Å². The Morgan fingerprint density at radius 2 is 1.88 bits per heavy atom. The van der Waals surface area contributed by atoms with Crippen LogP contribution in [0.1, 0.15) is 19.8 Å². The highest BCUT2D eigenvalue weighted by atomic mass is 15.1. The molecule has 0 amide bonds. The number of nitrogen functional groups attached to an aromatic ring is 1. The van der Waals surface area contributed by atoms with Crippen LogP contribution in [0.25, 0.3) is 0 Å². The fraction of sp³-hybridized carbons (Fsp3) is 0.571. The number of hydrogen-bond donors (Lipinski definition) is 1. The first-order valence-corrected chi connectivity index (χ1v) is 6.39. The summed E-state index contributed by atoms with van der Waals surface area (Å²) in [5.74, 6) is 0.855. The highest BCUT2D eigenvalue weighted by Gasteiger charge is 2.17. The summed E-state index contributed by atoms with van der Waals surface area (Å²) in [4.78, 5) is 4.49. The third-order valence-electron chi connectivity index (χ3n) is 3.65. The number of hydrogen-bond acceptors (Lipinski definition) is 3. The van der Waals surface area contributed by atoms with Crippen molar-refractivity contribution in [3.8, 4) is 0 Å². The van der Waals surface area contributed by atoms with E-state index in [0.29, 0.717) is 0 Å². The van der Waals surface area contributed by atoms with Gasteiger partial charge in [0.15, 0.2) is 0 Å². The maximum absolute atomic E-state index is 6.16. The third-order valence-corrected chi connectivity index (χ3v) is 3.65. The van der Waals surface area contributed by atoms with Gasteiger partial charge in [-0.15, -0.1) is 0 Å². The monoisotopic (exact) mass is 233 g/mol. The van der Waals surface area contributed by atoms with Crippen molar-refractivity contribution in [2.24, 2.45) is 5.92 Å². The molecule has 0 aliphatic carbocycles. The maximum atomic E-state index is 6.16. The molecule has 2 rings (SSSR count). The average Bonchev–Trinajstić information content (AvgIpc) is 2.30. The minimum absolute atomic E-state index is 0.855. The Morgan fingerprint density at radius 1 is 1.24 bits per heavy atom. The fourth-order valence-electron chi connectivity index (χ4n) is 2.36. The lowest BCUT2D eigenvalue weighted by molar-refractivity contribution is 0.439. The summed E-state index contributed by atoms with van der Waals surface area (Å²) in [6.07, 6.45) is 2.55. The molecule has 2 N–H and O–H groups in total. The first-order chi connectivity index (χ1) is 8.08. The van der Waals surface area contributed by atoms with E-state index in [1.807, 2.05) is 14.1 Å². The number of piperidine rings is 1. The lowest BCUT2D eigenvalue weighted by Gasteiger charge is -2.33. The summed E-state index contributed by atoms with van der Waals surface area (Å²) >= 11 is 0. The second kappa shape index (κ2) is 4.86. The van der Waals surface area contributed by atoms with Crippen molar-refractivity contribution in [3.05, 3.63) is 18.2 Å². The van der Waals surface area contributed by atoms with E-state index in [1.54, 1.807) is 0 Å². The van der Waals surface area contributed by atoms with Crippen LogP contribution in [-0.2, 0) is 0 Å². The van der Waals surface area contributed by atoms with E-state index in [2.05, 4.69) is 34.9 Å². The normalized spacial score (nSPS) is 17.2. The molecule has 1 heterocycles. The van der Waals surface area contributed by atoms with E-state index in [0.717, 1.165) is 30.4 Å². The van der Waals surface area contributed by atoms with Crippen molar-refractivity contribution < 1.29 is 0 Å². The van der Waals surface area contributed by atoms with E-state index >= 15 is 0 Å². The molecule has 0 bridgehead atoms. The van der Waals surface area contributed by atoms with Crippen molar-refractivity contribution >= 4 is 17.1 Å². The highest BCUT2D eigenvalue weighted by molar-refractivity contribution is 5.73. The molecule has 0 saturated carbocycles. The number of anilines is 3. The number of benzene rings is 1. The van der Waals surface area contributed by atoms with Gasteiger partial charge in [-0.3, -0.25) is 0 Å². The van der Waals surface area contributed by atoms with Crippen LogP contribution in [0.2, 0.25) is 0 Å². The van der Waals surface area contributed by atoms with Crippen molar-refractivity contribution in [1.82, 2.24) is 0 Å². The molecule has 0 spiro atoms. The van der Waals surface area contributed by atoms with Gasteiger partial charge in [0.1, 0.15) is 0 Å². The molecule has 3 heteroatoms. The molecule has 94 valence electrons. The Balaban J connectivity index is 2.16. The molecule has 1 aliphatic heterocycles. The van der Waals surface area contributed by atoms with Gasteiger partial charge in [-0.05, 0) is 37.0 Å². The lowest BCUT2D eigenvalue weighted by Crippen LogP contribution is -2.33. The number of nitrogens with zero attached hydrogens (tertiary/aromatic N) is 2. The molecule has 1 fully saturated rings. The van der Waals surface area contributed by atoms with E-state index in [1.165, 1.54) is 18.5 Å². The van der Waals surface area contributed by atoms with Crippen LogP contribution in [0, 0.1) is 5.92 Å². The van der Waals surface area contributed by atoms with Gasteiger partial charge in [-0.1, -0.05) is 6.92 Å². The predicted molar refractivity (Wildman–Crippen MR) is 75.8 cm³/mol. The first kappa shape index (κ1) is 12.1. The molecule has 1 aromatic rings. The summed E-state index contributed by atoms with van der Waals surface area (Å²) < 4.78 is 0. The predicted octanol–water partition coefficient (Wildman–Crippen LogP) is 2.57. The summed E-state index contributed by atoms with van der Waals surface area (Å²) in [5.41, 5.74) is 9.41. The van der Waals surface area contributed by atoms with E-state index in [9.17, 15) is 0 Å². The third kappa shape index (κ3) is 2.65.